The smallest absolute Gasteiger partial charge is 0.410 e. The summed E-state index contributed by atoms with van der Waals surface area (Å²) in [6.07, 6.45) is -1.11. The largest absolute Gasteiger partial charge is 0.442 e. The number of carbonyl (C=O) groups is 4. The lowest BCUT2D eigenvalue weighted by molar-refractivity contribution is 0.0914. The van der Waals surface area contributed by atoms with Gasteiger partial charge in [0.2, 0.25) is 0 Å². The van der Waals surface area contributed by atoms with E-state index in [4.69, 9.17) is 51.4 Å². The predicted molar refractivity (Wildman–Crippen MR) is 280 cm³/mol. The molecule has 0 spiro atoms. The molecule has 3 atom stereocenters. The summed E-state index contributed by atoms with van der Waals surface area (Å²) in [5.41, 5.74) is 8.74. The number of nitrogens with one attached hydrogen (secondary N) is 4. The van der Waals surface area contributed by atoms with E-state index in [1.807, 2.05) is 114 Å². The zero-order chi connectivity index (χ0) is 49.1. The number of epoxide rings is 1. The topological polar surface area (TPSA) is 188 Å². The molecule has 3 aromatic heterocycles. The van der Waals surface area contributed by atoms with E-state index in [1.165, 1.54) is 39.6 Å². The van der Waals surface area contributed by atoms with E-state index in [1.54, 1.807) is 41.3 Å². The highest BCUT2D eigenvalue weighted by Gasteiger charge is 2.31. The van der Waals surface area contributed by atoms with Crippen LogP contribution < -0.4 is 27.0 Å². The van der Waals surface area contributed by atoms with Crippen LogP contribution in [-0.4, -0.2) is 96.4 Å². The van der Waals surface area contributed by atoms with Gasteiger partial charge in [-0.05, 0) is 58.0 Å². The van der Waals surface area contributed by atoms with Gasteiger partial charge in [-0.2, -0.15) is 0 Å². The maximum Gasteiger partial charge on any atom is 0.410 e. The van der Waals surface area contributed by atoms with Crippen molar-refractivity contribution in [1.29, 1.82) is 0 Å². The van der Waals surface area contributed by atoms with Crippen molar-refractivity contribution in [3.05, 3.63) is 172 Å². The first-order chi connectivity index (χ1) is 32.9. The molecule has 5 heterocycles. The number of hydrogen-bond acceptors (Lipinski definition) is 12. The molecule has 7 N–H and O–H groups in total. The highest BCUT2D eigenvalue weighted by Crippen LogP contribution is 2.23. The number of rotatable bonds is 16. The van der Waals surface area contributed by atoms with Gasteiger partial charge in [0.05, 0.1) is 59.5 Å². The fourth-order valence-corrected chi connectivity index (χ4v) is 8.54. The second-order valence-electron chi connectivity index (χ2n) is 14.2. The number of aliphatic hydroxyl groups is 1. The minimum absolute atomic E-state index is 0.0765. The number of nitrogens with two attached hydrogens (primary N) is 1. The molecule has 2 aliphatic heterocycles. The maximum absolute atomic E-state index is 12.0. The van der Waals surface area contributed by atoms with Crippen molar-refractivity contribution in [2.45, 2.75) is 37.9 Å². The first-order valence-electron chi connectivity index (χ1n) is 21.3. The van der Waals surface area contributed by atoms with Crippen LogP contribution in [0.1, 0.15) is 47.1 Å². The number of aliphatic hydroxyl groups excluding tert-OH is 1. The summed E-state index contributed by atoms with van der Waals surface area (Å²) in [7, 11) is 0. The van der Waals surface area contributed by atoms with Crippen molar-refractivity contribution in [3.63, 3.8) is 0 Å². The van der Waals surface area contributed by atoms with Crippen molar-refractivity contribution in [2.24, 2.45) is 5.73 Å². The zero-order valence-corrected chi connectivity index (χ0v) is 43.0. The van der Waals surface area contributed by atoms with Crippen LogP contribution in [-0.2, 0) is 29.1 Å². The highest BCUT2D eigenvalue weighted by atomic mass is 127. The first-order valence-corrected chi connectivity index (χ1v) is 25.7. The van der Waals surface area contributed by atoms with Crippen LogP contribution in [0.5, 0.6) is 0 Å². The average Bonchev–Trinajstić information content (AvgIpc) is 3.60. The standard InChI is InChI=1S/C16H15ClN2O3S.C15H17ClN2O2S.C8H8ClNO2S.C7H9N.CH3I/c17-14-7-6-13(23-14)15(20)18-8-12-10-19(16(21)22-12)9-11-4-2-1-3-5-11;16-14-7-6-13(21-14)15(20)18-10-12(19)9-17-8-11-4-2-1-3-5-11;9-7-2-1-6(13-7)8(11)10-3-5-4-12-5;8-6-7-4-2-1-3-5-7;1-2/h1-7,12H,8-10H2,(H,18,20);1-7,12,17,19H,8-10H2,(H,18,20);1-2,5H,3-4H2,(H,10,11);1-5H,6,8H2;1H3/i;;;;1D. The monoisotopic (exact) mass is 1140 g/mol. The van der Waals surface area contributed by atoms with Gasteiger partial charge in [-0.25, -0.2) is 4.79 Å². The van der Waals surface area contributed by atoms with E-state index in [0.717, 1.165) is 17.7 Å². The van der Waals surface area contributed by atoms with Crippen LogP contribution in [0.3, 0.4) is 0 Å². The number of benzene rings is 3. The third-order valence-electron chi connectivity index (χ3n) is 9.07. The molecule has 2 fully saturated rings. The van der Waals surface area contributed by atoms with Crippen molar-refractivity contribution in [1.82, 2.24) is 26.2 Å². The van der Waals surface area contributed by atoms with E-state index in [-0.39, 0.29) is 49.1 Å². The summed E-state index contributed by atoms with van der Waals surface area (Å²) < 4.78 is 18.2. The van der Waals surface area contributed by atoms with Gasteiger partial charge in [0.15, 0.2) is 0 Å². The van der Waals surface area contributed by atoms with Crippen molar-refractivity contribution in [3.8, 4) is 0 Å². The molecule has 4 amide bonds. The van der Waals surface area contributed by atoms with Gasteiger partial charge in [-0.3, -0.25) is 14.4 Å². The van der Waals surface area contributed by atoms with Crippen molar-refractivity contribution < 1.29 is 35.1 Å². The Hall–Kier alpha value is -4.12. The fourth-order valence-electron chi connectivity index (χ4n) is 5.66. The Kier molecular flexibility index (Phi) is 25.0. The quantitative estimate of drug-likeness (QED) is 0.0312. The van der Waals surface area contributed by atoms with Crippen molar-refractivity contribution >= 4 is 115 Å². The Morgan fingerprint density at radius 3 is 1.57 bits per heavy atom. The molecule has 3 unspecified atom stereocenters. The van der Waals surface area contributed by atoms with Gasteiger partial charge in [0.1, 0.15) is 6.10 Å². The van der Waals surface area contributed by atoms with Gasteiger partial charge in [0.25, 0.3) is 17.7 Å². The number of ether oxygens (including phenoxy) is 2. The number of thiophene rings is 3. The molecule has 3 aromatic carbocycles. The van der Waals surface area contributed by atoms with Crippen LogP contribution in [0.2, 0.25) is 13.0 Å². The molecule has 2 saturated heterocycles. The Labute approximate surface area is 432 Å². The van der Waals surface area contributed by atoms with Gasteiger partial charge < -0.3 is 46.5 Å². The lowest BCUT2D eigenvalue weighted by atomic mass is 10.2. The summed E-state index contributed by atoms with van der Waals surface area (Å²) in [5.74, 6) is -0.499. The molecular formula is C47H52Cl3IN6O7S3. The van der Waals surface area contributed by atoms with E-state index in [9.17, 15) is 24.3 Å². The molecular weight excluding hydrogens is 1090 g/mol. The molecule has 0 aliphatic carbocycles. The van der Waals surface area contributed by atoms with Gasteiger partial charge in [-0.1, -0.05) is 148 Å². The molecule has 0 saturated carbocycles. The molecule has 0 bridgehead atoms. The lowest BCUT2D eigenvalue weighted by Gasteiger charge is -2.12. The normalized spacial score (nSPS) is 14.9. The average molecular weight is 1140 g/mol. The Balaban J connectivity index is 0.000000205. The molecule has 67 heavy (non-hydrogen) atoms. The Bertz CT molecular complexity index is 2400. The number of hydrogen-bond donors (Lipinski definition) is 6. The second-order valence-corrected chi connectivity index (χ2v) is 19.4. The van der Waals surface area contributed by atoms with Crippen LogP contribution >= 0.6 is 91.4 Å². The Morgan fingerprint density at radius 2 is 1.15 bits per heavy atom. The molecule has 6 aromatic rings. The fraction of sp³-hybridized carbons (Fsp3) is 0.277. The van der Waals surface area contributed by atoms with E-state index < -0.39 is 6.10 Å². The Morgan fingerprint density at radius 1 is 0.716 bits per heavy atom. The van der Waals surface area contributed by atoms with Crippen molar-refractivity contribution in [2.75, 3.05) is 44.2 Å². The van der Waals surface area contributed by atoms with E-state index in [2.05, 4.69) is 21.3 Å². The van der Waals surface area contributed by atoms with Crippen LogP contribution in [0.25, 0.3) is 0 Å². The third kappa shape index (κ3) is 21.8. The summed E-state index contributed by atoms with van der Waals surface area (Å²) in [6, 6.07) is 39.8. The summed E-state index contributed by atoms with van der Waals surface area (Å²) >= 11 is 22.9. The maximum atomic E-state index is 12.0. The lowest BCUT2D eigenvalue weighted by Crippen LogP contribution is -2.37. The number of nitrogens with zero attached hydrogens (tertiary/aromatic N) is 1. The SMILES string of the molecule is NCc1ccccc1.O=C(NCC(O)CNCc1ccccc1)c1ccc(Cl)s1.O=C(NCC1CN(Cc2ccccc2)C(=O)O1)c1ccc(Cl)s1.O=C(NCC1CO1)c1ccc(Cl)s1.[2H]CI. The van der Waals surface area contributed by atoms with E-state index >= 15 is 0 Å². The molecule has 20 heteroatoms. The number of carbonyl (C=O) groups excluding carboxylic acids is 4. The summed E-state index contributed by atoms with van der Waals surface area (Å²) in [6.45, 7) is 4.54. The second kappa shape index (κ2) is 31.1. The summed E-state index contributed by atoms with van der Waals surface area (Å²) in [4.78, 5) is 50.8. The predicted octanol–water partition coefficient (Wildman–Crippen LogP) is 9.16. The van der Waals surface area contributed by atoms with Crippen LogP contribution in [0, 0.1) is 0 Å². The van der Waals surface area contributed by atoms with Gasteiger partial charge >= 0.3 is 6.09 Å². The minimum Gasteiger partial charge on any atom is -0.442 e. The first kappa shape index (κ1) is 53.8. The van der Waals surface area contributed by atoms with Crippen LogP contribution in [0.15, 0.2) is 127 Å². The number of alkyl halides is 1. The third-order valence-corrected chi connectivity index (χ3v) is 12.8. The number of cyclic esters (lactones) is 1. The highest BCUT2D eigenvalue weighted by molar-refractivity contribution is 14.1. The van der Waals surface area contributed by atoms with Crippen LogP contribution in [0.4, 0.5) is 4.79 Å². The number of amides is 4. The number of halogens is 4. The summed E-state index contributed by atoms with van der Waals surface area (Å²) in [5, 5.41) is 21.2. The molecule has 8 rings (SSSR count). The van der Waals surface area contributed by atoms with Gasteiger partial charge in [-0.15, -0.1) is 34.0 Å². The molecule has 358 valence electrons. The molecule has 2 aliphatic rings. The van der Waals surface area contributed by atoms with E-state index in [0.29, 0.717) is 71.8 Å². The zero-order valence-electron chi connectivity index (χ0n) is 37.1. The minimum atomic E-state index is -0.631. The van der Waals surface area contributed by atoms with Gasteiger partial charge in [0, 0.05) is 40.6 Å². The molecule has 13 nitrogen and oxygen atoms in total. The molecule has 0 radical (unpaired) electrons.